The van der Waals surface area contributed by atoms with Gasteiger partial charge in [-0.15, -0.1) is 0 Å². The SMILES string of the molecule is CC(N)c1nc2c(F)cc(F)cc2c(=O)n1-c1cnc(N)cn1. The Labute approximate surface area is 128 Å². The number of nitrogen functional groups attached to an aromatic ring is 1. The molecule has 4 N–H and O–H groups in total. The van der Waals surface area contributed by atoms with Gasteiger partial charge >= 0.3 is 0 Å². The van der Waals surface area contributed by atoms with Gasteiger partial charge in [0.1, 0.15) is 23.0 Å². The Morgan fingerprint density at radius 3 is 2.57 bits per heavy atom. The third kappa shape index (κ3) is 2.50. The summed E-state index contributed by atoms with van der Waals surface area (Å²) in [5.41, 5.74) is 10.4. The van der Waals surface area contributed by atoms with E-state index >= 15 is 0 Å². The van der Waals surface area contributed by atoms with Crippen LogP contribution in [-0.4, -0.2) is 19.5 Å². The molecule has 3 aromatic rings. The van der Waals surface area contributed by atoms with Crippen molar-refractivity contribution < 1.29 is 8.78 Å². The van der Waals surface area contributed by atoms with Gasteiger partial charge in [-0.1, -0.05) is 0 Å². The summed E-state index contributed by atoms with van der Waals surface area (Å²) in [5, 5.41) is -0.217. The largest absolute Gasteiger partial charge is 0.382 e. The summed E-state index contributed by atoms with van der Waals surface area (Å²) < 4.78 is 28.4. The number of hydrogen-bond donors (Lipinski definition) is 2. The molecule has 3 rings (SSSR count). The van der Waals surface area contributed by atoms with Crippen molar-refractivity contribution in [3.05, 3.63) is 52.3 Å². The van der Waals surface area contributed by atoms with Crippen molar-refractivity contribution in [1.29, 1.82) is 0 Å². The van der Waals surface area contributed by atoms with E-state index in [4.69, 9.17) is 11.5 Å². The van der Waals surface area contributed by atoms with E-state index in [1.807, 2.05) is 0 Å². The van der Waals surface area contributed by atoms with Crippen molar-refractivity contribution in [3.8, 4) is 5.82 Å². The predicted molar refractivity (Wildman–Crippen MR) is 79.9 cm³/mol. The van der Waals surface area contributed by atoms with Crippen molar-refractivity contribution in [2.24, 2.45) is 5.73 Å². The van der Waals surface area contributed by atoms with Gasteiger partial charge in [0.25, 0.3) is 5.56 Å². The van der Waals surface area contributed by atoms with Crippen LogP contribution in [0.25, 0.3) is 16.7 Å². The zero-order valence-corrected chi connectivity index (χ0v) is 12.0. The smallest absolute Gasteiger partial charge is 0.267 e. The van der Waals surface area contributed by atoms with Crippen LogP contribution in [0.5, 0.6) is 0 Å². The number of rotatable bonds is 2. The lowest BCUT2D eigenvalue weighted by Crippen LogP contribution is -2.28. The molecule has 0 fully saturated rings. The minimum absolute atomic E-state index is 0.0760. The van der Waals surface area contributed by atoms with Crippen molar-refractivity contribution in [2.45, 2.75) is 13.0 Å². The van der Waals surface area contributed by atoms with Gasteiger partial charge in [-0.2, -0.15) is 0 Å². The molecule has 0 spiro atoms. The van der Waals surface area contributed by atoms with Crippen molar-refractivity contribution in [1.82, 2.24) is 19.5 Å². The van der Waals surface area contributed by atoms with Gasteiger partial charge in [-0.25, -0.2) is 28.3 Å². The zero-order valence-electron chi connectivity index (χ0n) is 12.0. The third-order valence-electron chi connectivity index (χ3n) is 3.21. The van der Waals surface area contributed by atoms with E-state index in [-0.39, 0.29) is 28.4 Å². The third-order valence-corrected chi connectivity index (χ3v) is 3.21. The monoisotopic (exact) mass is 318 g/mol. The van der Waals surface area contributed by atoms with Gasteiger partial charge in [-0.05, 0) is 13.0 Å². The standard InChI is InChI=1S/C14H12F2N6O/c1-6(17)13-21-12-8(2-7(15)3-9(12)16)14(23)22(13)11-5-19-10(18)4-20-11/h2-6H,17H2,1H3,(H2,18,19). The number of hydrogen-bond acceptors (Lipinski definition) is 6. The van der Waals surface area contributed by atoms with Crippen molar-refractivity contribution in [2.75, 3.05) is 5.73 Å². The molecule has 0 radical (unpaired) electrons. The Morgan fingerprint density at radius 2 is 1.96 bits per heavy atom. The lowest BCUT2D eigenvalue weighted by Gasteiger charge is -2.15. The van der Waals surface area contributed by atoms with Crippen LogP contribution in [0.1, 0.15) is 18.8 Å². The van der Waals surface area contributed by atoms with E-state index in [9.17, 15) is 13.6 Å². The summed E-state index contributed by atoms with van der Waals surface area (Å²) in [7, 11) is 0. The first-order chi connectivity index (χ1) is 10.9. The van der Waals surface area contributed by atoms with Crippen LogP contribution in [0.3, 0.4) is 0 Å². The fourth-order valence-corrected chi connectivity index (χ4v) is 2.21. The fraction of sp³-hybridized carbons (Fsp3) is 0.143. The molecule has 2 heterocycles. The maximum absolute atomic E-state index is 13.9. The molecule has 118 valence electrons. The van der Waals surface area contributed by atoms with Gasteiger partial charge in [-0.3, -0.25) is 4.79 Å². The molecule has 0 amide bonds. The second-order valence-electron chi connectivity index (χ2n) is 4.98. The summed E-state index contributed by atoms with van der Waals surface area (Å²) in [6.45, 7) is 1.58. The molecule has 1 unspecified atom stereocenters. The van der Waals surface area contributed by atoms with Gasteiger partial charge in [0.2, 0.25) is 0 Å². The van der Waals surface area contributed by atoms with Crippen LogP contribution >= 0.6 is 0 Å². The first-order valence-electron chi connectivity index (χ1n) is 6.63. The second-order valence-corrected chi connectivity index (χ2v) is 4.98. The van der Waals surface area contributed by atoms with Gasteiger partial charge in [0.15, 0.2) is 11.6 Å². The van der Waals surface area contributed by atoms with Crippen LogP contribution in [0, 0.1) is 11.6 Å². The highest BCUT2D eigenvalue weighted by Crippen LogP contribution is 2.19. The molecule has 23 heavy (non-hydrogen) atoms. The Bertz CT molecular complexity index is 952. The fourth-order valence-electron chi connectivity index (χ4n) is 2.21. The number of fused-ring (bicyclic) bond motifs is 1. The predicted octanol–water partition coefficient (Wildman–Crippen LogP) is 1.06. The van der Waals surface area contributed by atoms with Crippen molar-refractivity contribution in [3.63, 3.8) is 0 Å². The second kappa shape index (κ2) is 5.36. The van der Waals surface area contributed by atoms with Crippen LogP contribution in [0.2, 0.25) is 0 Å². The summed E-state index contributed by atoms with van der Waals surface area (Å²) in [6, 6.07) is 0.878. The van der Waals surface area contributed by atoms with E-state index in [1.165, 1.54) is 12.4 Å². The quantitative estimate of drug-likeness (QED) is 0.730. The molecule has 0 bridgehead atoms. The Hall–Kier alpha value is -2.94. The van der Waals surface area contributed by atoms with E-state index in [0.717, 1.165) is 10.6 Å². The number of benzene rings is 1. The number of aromatic nitrogens is 4. The van der Waals surface area contributed by atoms with E-state index in [0.29, 0.717) is 6.07 Å². The summed E-state index contributed by atoms with van der Waals surface area (Å²) >= 11 is 0. The molecule has 1 aromatic carbocycles. The number of nitrogens with two attached hydrogens (primary N) is 2. The molecule has 7 nitrogen and oxygen atoms in total. The van der Waals surface area contributed by atoms with Crippen LogP contribution in [0.15, 0.2) is 29.3 Å². The average molecular weight is 318 g/mol. The molecule has 0 aliphatic heterocycles. The minimum atomic E-state index is -0.936. The van der Waals surface area contributed by atoms with E-state index < -0.39 is 23.2 Å². The lowest BCUT2D eigenvalue weighted by molar-refractivity contribution is 0.587. The molecular formula is C14H12F2N6O. The minimum Gasteiger partial charge on any atom is -0.382 e. The zero-order chi connectivity index (χ0) is 16.7. The Balaban J connectivity index is 2.44. The first-order valence-corrected chi connectivity index (χ1v) is 6.63. The highest BCUT2D eigenvalue weighted by molar-refractivity contribution is 5.78. The Kier molecular flexibility index (Phi) is 3.49. The van der Waals surface area contributed by atoms with E-state index in [2.05, 4.69) is 15.0 Å². The molecule has 0 saturated carbocycles. The molecule has 1 atom stereocenters. The summed E-state index contributed by atoms with van der Waals surface area (Å²) in [6.07, 6.45) is 2.51. The number of halogens is 2. The van der Waals surface area contributed by atoms with E-state index in [1.54, 1.807) is 6.92 Å². The van der Waals surface area contributed by atoms with Crippen LogP contribution < -0.4 is 17.0 Å². The highest BCUT2D eigenvalue weighted by Gasteiger charge is 2.19. The van der Waals surface area contributed by atoms with Crippen LogP contribution in [-0.2, 0) is 0 Å². The number of nitrogens with zero attached hydrogens (tertiary/aromatic N) is 4. The average Bonchev–Trinajstić information content (AvgIpc) is 2.49. The Morgan fingerprint density at radius 1 is 1.22 bits per heavy atom. The molecule has 2 aromatic heterocycles. The maximum atomic E-state index is 13.9. The van der Waals surface area contributed by atoms with Gasteiger partial charge < -0.3 is 11.5 Å². The molecule has 0 saturated heterocycles. The summed E-state index contributed by atoms with van der Waals surface area (Å²) in [5.74, 6) is -1.47. The van der Waals surface area contributed by atoms with Crippen LogP contribution in [0.4, 0.5) is 14.6 Å². The topological polar surface area (TPSA) is 113 Å². The highest BCUT2D eigenvalue weighted by atomic mass is 19.1. The lowest BCUT2D eigenvalue weighted by atomic mass is 10.2. The molecular weight excluding hydrogens is 306 g/mol. The molecule has 9 heteroatoms. The summed E-state index contributed by atoms with van der Waals surface area (Å²) in [4.78, 5) is 24.6. The van der Waals surface area contributed by atoms with Crippen molar-refractivity contribution >= 4 is 16.7 Å². The van der Waals surface area contributed by atoms with Gasteiger partial charge in [0, 0.05) is 6.07 Å². The molecule has 0 aliphatic carbocycles. The normalized spacial score (nSPS) is 12.5. The van der Waals surface area contributed by atoms with Gasteiger partial charge in [0.05, 0.1) is 23.8 Å². The molecule has 0 aliphatic rings. The number of anilines is 1. The maximum Gasteiger partial charge on any atom is 0.267 e. The first kappa shape index (κ1) is 15.0.